The molecule has 6 aromatic carbocycles. The number of rotatable bonds is 3. The Labute approximate surface area is 282 Å². The predicted molar refractivity (Wildman–Crippen MR) is 204 cm³/mol. The Morgan fingerprint density at radius 2 is 1.39 bits per heavy atom. The predicted octanol–water partition coefficient (Wildman–Crippen LogP) is 12.4. The van der Waals surface area contributed by atoms with Gasteiger partial charge in [0.2, 0.25) is 0 Å². The van der Waals surface area contributed by atoms with E-state index in [0.29, 0.717) is 0 Å². The van der Waals surface area contributed by atoms with Crippen LogP contribution >= 0.6 is 0 Å². The summed E-state index contributed by atoms with van der Waals surface area (Å²) in [7, 11) is 0. The molecule has 3 heteroatoms. The maximum Gasteiger partial charge on any atom is 0.144 e. The molecule has 0 fully saturated rings. The van der Waals surface area contributed by atoms with Crippen LogP contribution in [-0.2, 0) is 0 Å². The highest BCUT2D eigenvalue weighted by Crippen LogP contribution is 2.42. The van der Waals surface area contributed by atoms with Crippen LogP contribution in [-0.4, -0.2) is 9.97 Å². The van der Waals surface area contributed by atoms with Gasteiger partial charge in [0.1, 0.15) is 11.2 Å². The zero-order valence-corrected chi connectivity index (χ0v) is 26.7. The van der Waals surface area contributed by atoms with Crippen molar-refractivity contribution in [3.63, 3.8) is 0 Å². The summed E-state index contributed by atoms with van der Waals surface area (Å²) in [5.74, 6) is 0. The molecule has 0 saturated carbocycles. The number of fused-ring (bicyclic) bond motifs is 10. The van der Waals surface area contributed by atoms with Crippen LogP contribution in [0.15, 0.2) is 156 Å². The Bertz CT molecular complexity index is 2920. The second-order valence-electron chi connectivity index (χ2n) is 12.7. The number of furan rings is 1. The van der Waals surface area contributed by atoms with Gasteiger partial charge >= 0.3 is 0 Å². The summed E-state index contributed by atoms with van der Waals surface area (Å²) in [5.41, 5.74) is 17.2. The molecule has 3 nitrogen and oxygen atoms in total. The van der Waals surface area contributed by atoms with Crippen LogP contribution in [0.2, 0.25) is 0 Å². The molecule has 228 valence electrons. The molecule has 1 aliphatic carbocycles. The average molecular weight is 625 g/mol. The van der Waals surface area contributed by atoms with Gasteiger partial charge in [0.15, 0.2) is 0 Å². The molecule has 0 unspecified atom stereocenters. The van der Waals surface area contributed by atoms with Crippen molar-refractivity contribution in [2.45, 2.75) is 6.92 Å². The summed E-state index contributed by atoms with van der Waals surface area (Å²) in [5, 5.41) is 6.66. The second-order valence-corrected chi connectivity index (χ2v) is 12.7. The van der Waals surface area contributed by atoms with Crippen LogP contribution < -0.4 is 0 Å². The van der Waals surface area contributed by atoms with E-state index in [2.05, 4.69) is 134 Å². The van der Waals surface area contributed by atoms with Gasteiger partial charge in [-0.15, -0.1) is 5.73 Å². The molecule has 0 atom stereocenters. The maximum atomic E-state index is 6.53. The summed E-state index contributed by atoms with van der Waals surface area (Å²) in [6.45, 7) is 2.11. The first-order valence-electron chi connectivity index (χ1n) is 16.6. The van der Waals surface area contributed by atoms with E-state index >= 15 is 0 Å². The van der Waals surface area contributed by atoms with E-state index in [9.17, 15) is 0 Å². The molecule has 0 radical (unpaired) electrons. The molecular formula is C46H28N2O. The van der Waals surface area contributed by atoms with E-state index in [1.165, 1.54) is 5.56 Å². The number of allylic oxidation sites excluding steroid dienone is 2. The zero-order valence-electron chi connectivity index (χ0n) is 26.7. The number of nitrogens with zero attached hydrogens (tertiary/aromatic N) is 2. The van der Waals surface area contributed by atoms with E-state index in [1.54, 1.807) is 0 Å². The maximum absolute atomic E-state index is 6.53. The van der Waals surface area contributed by atoms with Gasteiger partial charge in [-0.05, 0) is 77.2 Å². The number of aromatic nitrogens is 2. The molecule has 0 aliphatic heterocycles. The smallest absolute Gasteiger partial charge is 0.144 e. The lowest BCUT2D eigenvalue weighted by atomic mass is 9.90. The third-order valence-electron chi connectivity index (χ3n) is 9.84. The van der Waals surface area contributed by atoms with Crippen molar-refractivity contribution in [1.29, 1.82) is 0 Å². The van der Waals surface area contributed by atoms with Crippen LogP contribution in [0, 0.1) is 0 Å². The van der Waals surface area contributed by atoms with E-state index in [-0.39, 0.29) is 0 Å². The fraction of sp³-hybridized carbons (Fsp3) is 0.0217. The molecule has 0 amide bonds. The summed E-state index contributed by atoms with van der Waals surface area (Å²) >= 11 is 0. The standard InChI is InChI=1S/C46H28N2O/c1-28-10-2-3-11-32-27-39(35-16-9-25-47-45(35)42(28)32)30-21-19-29(20-22-30)31-12-8-13-33(26-31)44-38-24-23-36-34-14-5-7-18-41(34)49-46(36)43(38)37-15-4-6-17-40(37)48-44/h2-9,11-27H,1H3. The van der Waals surface area contributed by atoms with Gasteiger partial charge in [0.05, 0.1) is 16.7 Å². The topological polar surface area (TPSA) is 38.9 Å². The van der Waals surface area contributed by atoms with Crippen LogP contribution in [0.25, 0.3) is 99.7 Å². The second kappa shape index (κ2) is 10.7. The minimum atomic E-state index is 0.897. The third kappa shape index (κ3) is 4.30. The van der Waals surface area contributed by atoms with Gasteiger partial charge in [-0.2, -0.15) is 0 Å². The Balaban J connectivity index is 1.10. The monoisotopic (exact) mass is 624 g/mol. The van der Waals surface area contributed by atoms with E-state index < -0.39 is 0 Å². The van der Waals surface area contributed by atoms with Crippen molar-refractivity contribution in [2.75, 3.05) is 0 Å². The van der Waals surface area contributed by atoms with E-state index in [4.69, 9.17) is 14.4 Å². The number of para-hydroxylation sites is 2. The van der Waals surface area contributed by atoms with Crippen LogP contribution in [0.3, 0.4) is 0 Å². The molecule has 0 N–H and O–H groups in total. The van der Waals surface area contributed by atoms with Crippen molar-refractivity contribution in [3.05, 3.63) is 163 Å². The lowest BCUT2D eigenvalue weighted by molar-refractivity contribution is 0.673. The molecule has 0 bridgehead atoms. The zero-order chi connectivity index (χ0) is 32.5. The average Bonchev–Trinajstić information content (AvgIpc) is 3.44. The first-order chi connectivity index (χ1) is 24.2. The van der Waals surface area contributed by atoms with Crippen molar-refractivity contribution in [2.24, 2.45) is 0 Å². The number of hydrogen-bond acceptors (Lipinski definition) is 3. The van der Waals surface area contributed by atoms with Gasteiger partial charge in [0.25, 0.3) is 0 Å². The van der Waals surface area contributed by atoms with Gasteiger partial charge in [-0.25, -0.2) is 4.98 Å². The van der Waals surface area contributed by atoms with Gasteiger partial charge in [0, 0.05) is 55.2 Å². The highest BCUT2D eigenvalue weighted by molar-refractivity contribution is 6.24. The quantitative estimate of drug-likeness (QED) is 0.145. The fourth-order valence-electron chi connectivity index (χ4n) is 7.55. The lowest BCUT2D eigenvalue weighted by Crippen LogP contribution is -1.94. The number of benzene rings is 6. The van der Waals surface area contributed by atoms with Gasteiger partial charge in [-0.1, -0.05) is 103 Å². The lowest BCUT2D eigenvalue weighted by Gasteiger charge is -2.15. The first-order valence-corrected chi connectivity index (χ1v) is 16.6. The largest absolute Gasteiger partial charge is 0.455 e. The highest BCUT2D eigenvalue weighted by atomic mass is 16.3. The molecule has 3 heterocycles. The fourth-order valence-corrected chi connectivity index (χ4v) is 7.55. The number of pyridine rings is 2. The van der Waals surface area contributed by atoms with Crippen molar-refractivity contribution in [3.8, 4) is 33.5 Å². The summed E-state index contributed by atoms with van der Waals surface area (Å²) in [6.07, 6.45) is 8.06. The van der Waals surface area contributed by atoms with Crippen molar-refractivity contribution in [1.82, 2.24) is 9.97 Å². The molecule has 1 aliphatic rings. The Kier molecular flexibility index (Phi) is 6.05. The molecule has 49 heavy (non-hydrogen) atoms. The van der Waals surface area contributed by atoms with Crippen molar-refractivity contribution >= 4 is 66.2 Å². The minimum absolute atomic E-state index is 0.897. The molecule has 9 aromatic rings. The van der Waals surface area contributed by atoms with Gasteiger partial charge in [-0.3, -0.25) is 4.98 Å². The Morgan fingerprint density at radius 3 is 2.31 bits per heavy atom. The summed E-state index contributed by atoms with van der Waals surface area (Å²) in [4.78, 5) is 10.1. The van der Waals surface area contributed by atoms with E-state index in [1.807, 2.05) is 30.5 Å². The third-order valence-corrected chi connectivity index (χ3v) is 9.84. The molecule has 3 aromatic heterocycles. The Hall–Kier alpha value is -6.54. The summed E-state index contributed by atoms with van der Waals surface area (Å²) in [6, 6.07) is 45.1. The first kappa shape index (κ1) is 27.6. The molecule has 0 saturated heterocycles. The minimum Gasteiger partial charge on any atom is -0.455 e. The highest BCUT2D eigenvalue weighted by Gasteiger charge is 2.18. The van der Waals surface area contributed by atoms with Crippen molar-refractivity contribution < 1.29 is 4.42 Å². The molecule has 0 spiro atoms. The number of hydrogen-bond donors (Lipinski definition) is 0. The molecular weight excluding hydrogens is 597 g/mol. The van der Waals surface area contributed by atoms with Crippen LogP contribution in [0.4, 0.5) is 0 Å². The Morgan fingerprint density at radius 1 is 0.612 bits per heavy atom. The summed E-state index contributed by atoms with van der Waals surface area (Å²) < 4.78 is 6.53. The van der Waals surface area contributed by atoms with Gasteiger partial charge < -0.3 is 4.42 Å². The van der Waals surface area contributed by atoms with E-state index in [0.717, 1.165) is 99.2 Å². The van der Waals surface area contributed by atoms with Crippen LogP contribution in [0.5, 0.6) is 0 Å². The van der Waals surface area contributed by atoms with Crippen LogP contribution in [0.1, 0.15) is 18.1 Å². The molecule has 10 rings (SSSR count). The SMILES string of the molecule is CC1=C=CC=Cc2cc(-c3ccc(-c4cccc(-c5nc6ccccc6c6c5ccc5c7ccccc7oc56)c4)cc3)c3cccnc3c21. The normalized spacial score (nSPS) is 12.6.